The highest BCUT2D eigenvalue weighted by Gasteiger charge is 2.08. The van der Waals surface area contributed by atoms with E-state index in [4.69, 9.17) is 23.2 Å². The molecule has 0 saturated carbocycles. The number of aryl methyl sites for hydroxylation is 1. The molecule has 1 aromatic carbocycles. The summed E-state index contributed by atoms with van der Waals surface area (Å²) in [5.41, 5.74) is 4.02. The Balaban J connectivity index is 2.66. The highest BCUT2D eigenvalue weighted by molar-refractivity contribution is 6.20. The van der Waals surface area contributed by atoms with Crippen LogP contribution < -0.4 is 0 Å². The Hall–Kier alpha value is -0.200. The van der Waals surface area contributed by atoms with Gasteiger partial charge in [-0.2, -0.15) is 0 Å². The van der Waals surface area contributed by atoms with Crippen LogP contribution in [0, 0.1) is 0 Å². The van der Waals surface area contributed by atoms with Gasteiger partial charge in [-0.15, -0.1) is 23.2 Å². The predicted molar refractivity (Wildman–Crippen MR) is 87.5 cm³/mol. The topological polar surface area (TPSA) is 0 Å². The summed E-state index contributed by atoms with van der Waals surface area (Å²) in [6.07, 6.45) is 8.14. The van der Waals surface area contributed by atoms with Crippen LogP contribution in [0.3, 0.4) is 0 Å². The Morgan fingerprint density at radius 1 is 1.05 bits per heavy atom. The Morgan fingerprint density at radius 2 is 1.84 bits per heavy atom. The van der Waals surface area contributed by atoms with Gasteiger partial charge in [-0.05, 0) is 42.4 Å². The molecule has 1 unspecified atom stereocenters. The minimum atomic E-state index is 0.249. The molecule has 0 heterocycles. The van der Waals surface area contributed by atoms with Gasteiger partial charge in [0, 0.05) is 11.3 Å². The van der Waals surface area contributed by atoms with E-state index in [1.54, 1.807) is 0 Å². The van der Waals surface area contributed by atoms with E-state index in [0.29, 0.717) is 5.88 Å². The number of unbranched alkanes of at least 4 members (excludes halogenated alkanes) is 2. The number of alkyl halides is 2. The number of rotatable bonds is 9. The van der Waals surface area contributed by atoms with Gasteiger partial charge in [-0.25, -0.2) is 0 Å². The maximum atomic E-state index is 6.32. The van der Waals surface area contributed by atoms with Crippen molar-refractivity contribution in [3.63, 3.8) is 0 Å². The van der Waals surface area contributed by atoms with Crippen molar-refractivity contribution in [3.05, 3.63) is 34.9 Å². The van der Waals surface area contributed by atoms with Crippen LogP contribution in [0.15, 0.2) is 18.2 Å². The molecule has 108 valence electrons. The molecule has 0 aliphatic heterocycles. The first-order chi connectivity index (χ1) is 9.21. The fourth-order valence-corrected chi connectivity index (χ4v) is 3.06. The summed E-state index contributed by atoms with van der Waals surface area (Å²) in [5.74, 6) is 0.607. The Bertz CT molecular complexity index is 360. The van der Waals surface area contributed by atoms with Crippen molar-refractivity contribution in [2.24, 2.45) is 0 Å². The Morgan fingerprint density at radius 3 is 2.47 bits per heavy atom. The molecule has 0 radical (unpaired) electrons. The second-order valence-corrected chi connectivity index (χ2v) is 6.17. The molecule has 0 aromatic heterocycles. The summed E-state index contributed by atoms with van der Waals surface area (Å²) < 4.78 is 0. The predicted octanol–water partition coefficient (Wildman–Crippen LogP) is 6.11. The quantitative estimate of drug-likeness (QED) is 0.381. The number of benzene rings is 1. The maximum Gasteiger partial charge on any atom is 0.0476 e. The number of halogens is 2. The van der Waals surface area contributed by atoms with E-state index >= 15 is 0 Å². The van der Waals surface area contributed by atoms with Crippen molar-refractivity contribution in [1.82, 2.24) is 0 Å². The summed E-state index contributed by atoms with van der Waals surface area (Å²) in [5, 5.41) is 0.249. The lowest BCUT2D eigenvalue weighted by atomic mass is 9.97. The first-order valence-electron chi connectivity index (χ1n) is 7.51. The van der Waals surface area contributed by atoms with Gasteiger partial charge in [0.15, 0.2) is 0 Å². The highest BCUT2D eigenvalue weighted by atomic mass is 35.5. The smallest absolute Gasteiger partial charge is 0.0476 e. The van der Waals surface area contributed by atoms with Crippen molar-refractivity contribution in [3.8, 4) is 0 Å². The molecule has 0 fully saturated rings. The molecule has 0 saturated heterocycles. The Kier molecular flexibility index (Phi) is 8.57. The van der Waals surface area contributed by atoms with Crippen LogP contribution in [-0.4, -0.2) is 5.38 Å². The zero-order valence-corrected chi connectivity index (χ0v) is 13.7. The summed E-state index contributed by atoms with van der Waals surface area (Å²) in [7, 11) is 0. The van der Waals surface area contributed by atoms with E-state index in [1.165, 1.54) is 36.0 Å². The molecular formula is C17H26Cl2. The Labute approximate surface area is 128 Å². The van der Waals surface area contributed by atoms with Crippen LogP contribution in [-0.2, 0) is 18.7 Å². The summed E-state index contributed by atoms with van der Waals surface area (Å²) in [6, 6.07) is 6.72. The standard InChI is InChI=1S/C17H26Cl2/c1-3-5-6-8-15-10-9-14(11-16(15)13-18)12-17(19)7-4-2/h9-11,17H,3-8,12-13H2,1-2H3. The first-order valence-corrected chi connectivity index (χ1v) is 8.49. The van der Waals surface area contributed by atoms with Crippen molar-refractivity contribution in [2.45, 2.75) is 70.1 Å². The lowest BCUT2D eigenvalue weighted by molar-refractivity contribution is 0.712. The zero-order chi connectivity index (χ0) is 14.1. The molecule has 0 aliphatic carbocycles. The fraction of sp³-hybridized carbons (Fsp3) is 0.647. The van der Waals surface area contributed by atoms with E-state index in [9.17, 15) is 0 Å². The SMILES string of the molecule is CCCCCc1ccc(CC(Cl)CCC)cc1CCl. The molecule has 1 atom stereocenters. The summed E-state index contributed by atoms with van der Waals surface area (Å²) >= 11 is 12.4. The minimum absolute atomic E-state index is 0.249. The van der Waals surface area contributed by atoms with Crippen molar-refractivity contribution < 1.29 is 0 Å². The number of hydrogen-bond donors (Lipinski definition) is 0. The van der Waals surface area contributed by atoms with E-state index in [0.717, 1.165) is 25.7 Å². The normalized spacial score (nSPS) is 12.6. The average Bonchev–Trinajstić information content (AvgIpc) is 2.40. The van der Waals surface area contributed by atoms with Gasteiger partial charge in [0.05, 0.1) is 0 Å². The van der Waals surface area contributed by atoms with Crippen LogP contribution in [0.25, 0.3) is 0 Å². The van der Waals surface area contributed by atoms with Crippen LogP contribution in [0.4, 0.5) is 0 Å². The van der Waals surface area contributed by atoms with E-state index in [2.05, 4.69) is 32.0 Å². The second kappa shape index (κ2) is 9.66. The van der Waals surface area contributed by atoms with Crippen molar-refractivity contribution >= 4 is 23.2 Å². The molecule has 2 heteroatoms. The molecule has 0 bridgehead atoms. The summed E-state index contributed by atoms with van der Waals surface area (Å²) in [6.45, 7) is 4.41. The molecule has 1 rings (SSSR count). The van der Waals surface area contributed by atoms with Crippen molar-refractivity contribution in [1.29, 1.82) is 0 Å². The summed E-state index contributed by atoms with van der Waals surface area (Å²) in [4.78, 5) is 0. The third-order valence-electron chi connectivity index (χ3n) is 3.52. The fourth-order valence-electron chi connectivity index (χ4n) is 2.41. The van der Waals surface area contributed by atoms with Crippen molar-refractivity contribution in [2.75, 3.05) is 0 Å². The third kappa shape index (κ3) is 6.19. The lowest BCUT2D eigenvalue weighted by Gasteiger charge is -2.12. The van der Waals surface area contributed by atoms with Gasteiger partial charge >= 0.3 is 0 Å². The third-order valence-corrected chi connectivity index (χ3v) is 4.18. The average molecular weight is 301 g/mol. The number of hydrogen-bond acceptors (Lipinski definition) is 0. The first kappa shape index (κ1) is 16.9. The van der Waals surface area contributed by atoms with Crippen LogP contribution in [0.5, 0.6) is 0 Å². The maximum absolute atomic E-state index is 6.32. The van der Waals surface area contributed by atoms with E-state index < -0.39 is 0 Å². The zero-order valence-electron chi connectivity index (χ0n) is 12.2. The molecular weight excluding hydrogens is 275 g/mol. The molecule has 0 nitrogen and oxygen atoms in total. The van der Waals surface area contributed by atoms with Gasteiger partial charge in [0.2, 0.25) is 0 Å². The monoisotopic (exact) mass is 300 g/mol. The minimum Gasteiger partial charge on any atom is -0.123 e. The highest BCUT2D eigenvalue weighted by Crippen LogP contribution is 2.20. The molecule has 19 heavy (non-hydrogen) atoms. The van der Waals surface area contributed by atoms with Crippen LogP contribution >= 0.6 is 23.2 Å². The van der Waals surface area contributed by atoms with Gasteiger partial charge in [-0.3, -0.25) is 0 Å². The molecule has 1 aromatic rings. The molecule has 0 spiro atoms. The molecule has 0 aliphatic rings. The van der Waals surface area contributed by atoms with Gasteiger partial charge in [0.25, 0.3) is 0 Å². The van der Waals surface area contributed by atoms with E-state index in [1.807, 2.05) is 0 Å². The largest absolute Gasteiger partial charge is 0.123 e. The van der Waals surface area contributed by atoms with Gasteiger partial charge in [-0.1, -0.05) is 51.3 Å². The lowest BCUT2D eigenvalue weighted by Crippen LogP contribution is -2.04. The molecule has 0 amide bonds. The second-order valence-electron chi connectivity index (χ2n) is 5.28. The van der Waals surface area contributed by atoms with Crippen LogP contribution in [0.2, 0.25) is 0 Å². The molecule has 0 N–H and O–H groups in total. The van der Waals surface area contributed by atoms with Gasteiger partial charge < -0.3 is 0 Å². The van der Waals surface area contributed by atoms with Gasteiger partial charge in [0.1, 0.15) is 0 Å². The van der Waals surface area contributed by atoms with E-state index in [-0.39, 0.29) is 5.38 Å². The van der Waals surface area contributed by atoms with Crippen LogP contribution in [0.1, 0.15) is 62.6 Å².